The molecule has 0 aliphatic heterocycles. The number of rotatable bonds is 7. The lowest BCUT2D eigenvalue weighted by Crippen LogP contribution is -2.08. The molecule has 8 nitrogen and oxygen atoms in total. The normalized spacial score (nSPS) is 10.0. The second-order valence-corrected chi connectivity index (χ2v) is 6.61. The predicted molar refractivity (Wildman–Crippen MR) is 108 cm³/mol. The van der Waals surface area contributed by atoms with Crippen molar-refractivity contribution in [1.82, 2.24) is 19.9 Å². The Kier molecular flexibility index (Phi) is 11.0. The topological polar surface area (TPSA) is 121 Å². The van der Waals surface area contributed by atoms with E-state index in [1.807, 2.05) is 0 Å². The molecule has 0 radical (unpaired) electrons. The fraction of sp³-hybridized carbons (Fsp3) is 0.375. The largest absolute Gasteiger partial charge is 0.466 e. The van der Waals surface area contributed by atoms with Crippen LogP contribution in [0, 0.1) is 0 Å². The van der Waals surface area contributed by atoms with Crippen LogP contribution in [0.3, 0.4) is 0 Å². The van der Waals surface area contributed by atoms with Crippen LogP contribution in [0.4, 0.5) is 5.69 Å². The SMILES string of the molecule is CCOC(=O)CCCC(=O)Cc1c(Cl)ncnc1Cl.Nc1c(Cl)ncnc1Cl. The van der Waals surface area contributed by atoms with Crippen molar-refractivity contribution in [2.45, 2.75) is 32.6 Å². The third-order valence-electron chi connectivity index (χ3n) is 3.14. The summed E-state index contributed by atoms with van der Waals surface area (Å²) in [5.41, 5.74) is 5.94. The van der Waals surface area contributed by atoms with Crippen molar-refractivity contribution in [1.29, 1.82) is 0 Å². The van der Waals surface area contributed by atoms with Crippen LogP contribution in [-0.2, 0) is 20.7 Å². The molecular weight excluding hydrogens is 452 g/mol. The standard InChI is InChI=1S/C12H14Cl2N2O3.C4H3Cl2N3/c1-2-19-10(18)5-3-4-8(17)6-9-11(13)15-7-16-12(9)14;5-3-2(7)4(6)9-1-8-3/h7H,2-6H2,1H3;1H,7H2. The molecule has 0 unspecified atom stereocenters. The van der Waals surface area contributed by atoms with Gasteiger partial charge in [0, 0.05) is 24.8 Å². The van der Waals surface area contributed by atoms with Gasteiger partial charge < -0.3 is 10.5 Å². The van der Waals surface area contributed by atoms with Gasteiger partial charge in [0.25, 0.3) is 0 Å². The Balaban J connectivity index is 0.000000362. The van der Waals surface area contributed by atoms with Crippen LogP contribution in [0.25, 0.3) is 0 Å². The number of Topliss-reactive ketones (excluding diaryl/α,β-unsaturated/α-hetero) is 1. The minimum absolute atomic E-state index is 0.0668. The molecule has 28 heavy (non-hydrogen) atoms. The molecule has 152 valence electrons. The zero-order valence-corrected chi connectivity index (χ0v) is 17.8. The van der Waals surface area contributed by atoms with Gasteiger partial charge in [-0.2, -0.15) is 0 Å². The second-order valence-electron chi connectivity index (χ2n) is 5.18. The number of nitrogens with zero attached hydrogens (tertiary/aromatic N) is 4. The highest BCUT2D eigenvalue weighted by Crippen LogP contribution is 2.21. The minimum atomic E-state index is -0.297. The van der Waals surface area contributed by atoms with Crippen LogP contribution in [0.15, 0.2) is 12.7 Å². The molecule has 0 amide bonds. The first-order valence-corrected chi connectivity index (χ1v) is 9.51. The Bertz CT molecular complexity index is 782. The fourth-order valence-electron chi connectivity index (χ4n) is 1.82. The Morgan fingerprint density at radius 3 is 1.89 bits per heavy atom. The fourth-order valence-corrected chi connectivity index (χ4v) is 2.58. The average molecular weight is 469 g/mol. The molecule has 2 heterocycles. The Morgan fingerprint density at radius 1 is 0.929 bits per heavy atom. The lowest BCUT2D eigenvalue weighted by molar-refractivity contribution is -0.143. The van der Waals surface area contributed by atoms with E-state index in [1.165, 1.54) is 12.7 Å². The Hall–Kier alpha value is -1.74. The third-order valence-corrected chi connectivity index (χ3v) is 4.40. The van der Waals surface area contributed by atoms with Gasteiger partial charge >= 0.3 is 5.97 Å². The van der Waals surface area contributed by atoms with Gasteiger partial charge in [-0.1, -0.05) is 46.4 Å². The van der Waals surface area contributed by atoms with E-state index < -0.39 is 0 Å². The summed E-state index contributed by atoms with van der Waals surface area (Å²) in [7, 11) is 0. The van der Waals surface area contributed by atoms with E-state index in [-0.39, 0.29) is 57.3 Å². The Morgan fingerprint density at radius 2 is 1.43 bits per heavy atom. The first kappa shape index (κ1) is 24.3. The summed E-state index contributed by atoms with van der Waals surface area (Å²) < 4.78 is 4.77. The number of carbonyl (C=O) groups is 2. The van der Waals surface area contributed by atoms with Gasteiger partial charge in [0.1, 0.15) is 34.4 Å². The van der Waals surface area contributed by atoms with Crippen molar-refractivity contribution in [3.63, 3.8) is 0 Å². The molecule has 2 aromatic rings. The first-order chi connectivity index (χ1) is 13.3. The number of ether oxygens (including phenoxy) is 1. The summed E-state index contributed by atoms with van der Waals surface area (Å²) in [5, 5.41) is 0.738. The molecule has 0 aliphatic rings. The predicted octanol–water partition coefficient (Wildman–Crippen LogP) is 3.99. The van der Waals surface area contributed by atoms with E-state index in [2.05, 4.69) is 19.9 Å². The number of nitrogen functional groups attached to an aromatic ring is 1. The van der Waals surface area contributed by atoms with Gasteiger partial charge in [0.2, 0.25) is 0 Å². The molecule has 2 N–H and O–H groups in total. The van der Waals surface area contributed by atoms with E-state index in [1.54, 1.807) is 6.92 Å². The van der Waals surface area contributed by atoms with Crippen LogP contribution in [0.1, 0.15) is 31.7 Å². The van der Waals surface area contributed by atoms with Gasteiger partial charge in [0.15, 0.2) is 10.3 Å². The Labute approximate surface area is 181 Å². The van der Waals surface area contributed by atoms with Gasteiger partial charge in [0.05, 0.1) is 6.61 Å². The number of hydrogen-bond acceptors (Lipinski definition) is 8. The van der Waals surface area contributed by atoms with Crippen molar-refractivity contribution in [2.24, 2.45) is 0 Å². The number of hydrogen-bond donors (Lipinski definition) is 1. The molecular formula is C16H17Cl4N5O3. The maximum atomic E-state index is 11.7. The maximum Gasteiger partial charge on any atom is 0.305 e. The van der Waals surface area contributed by atoms with Gasteiger partial charge in [-0.05, 0) is 13.3 Å². The van der Waals surface area contributed by atoms with Gasteiger partial charge in [-0.25, -0.2) is 19.9 Å². The second kappa shape index (κ2) is 12.7. The molecule has 12 heteroatoms. The number of aromatic nitrogens is 4. The highest BCUT2D eigenvalue weighted by atomic mass is 35.5. The monoisotopic (exact) mass is 467 g/mol. The third kappa shape index (κ3) is 8.52. The van der Waals surface area contributed by atoms with Crippen LogP contribution in [0.2, 0.25) is 20.6 Å². The van der Waals surface area contributed by atoms with Gasteiger partial charge in [-0.3, -0.25) is 9.59 Å². The van der Waals surface area contributed by atoms with Crippen molar-refractivity contribution in [2.75, 3.05) is 12.3 Å². The molecule has 2 aromatic heterocycles. The molecule has 0 spiro atoms. The number of halogens is 4. The van der Waals surface area contributed by atoms with E-state index in [4.69, 9.17) is 56.9 Å². The van der Waals surface area contributed by atoms with E-state index >= 15 is 0 Å². The molecule has 0 bridgehead atoms. The molecule has 0 aromatic carbocycles. The molecule has 2 rings (SSSR count). The maximum absolute atomic E-state index is 11.7. The van der Waals surface area contributed by atoms with Crippen molar-refractivity contribution in [3.8, 4) is 0 Å². The number of esters is 1. The van der Waals surface area contributed by atoms with Crippen LogP contribution >= 0.6 is 46.4 Å². The molecule has 0 fully saturated rings. The zero-order valence-electron chi connectivity index (χ0n) is 14.8. The van der Waals surface area contributed by atoms with Crippen molar-refractivity contribution < 1.29 is 14.3 Å². The summed E-state index contributed by atoms with van der Waals surface area (Å²) >= 11 is 22.6. The summed E-state index contributed by atoms with van der Waals surface area (Å²) in [4.78, 5) is 37.5. The molecule has 0 aliphatic carbocycles. The van der Waals surface area contributed by atoms with Crippen LogP contribution < -0.4 is 5.73 Å². The average Bonchev–Trinajstić information content (AvgIpc) is 2.63. The van der Waals surface area contributed by atoms with E-state index in [9.17, 15) is 9.59 Å². The summed E-state index contributed by atoms with van der Waals surface area (Å²) in [5.74, 6) is -0.364. The zero-order chi connectivity index (χ0) is 21.1. The molecule has 0 saturated heterocycles. The van der Waals surface area contributed by atoms with Crippen LogP contribution in [-0.4, -0.2) is 38.3 Å². The summed E-state index contributed by atoms with van der Waals surface area (Å²) in [6, 6.07) is 0. The lowest BCUT2D eigenvalue weighted by atomic mass is 10.1. The molecule has 0 atom stereocenters. The highest BCUT2D eigenvalue weighted by molar-refractivity contribution is 6.37. The highest BCUT2D eigenvalue weighted by Gasteiger charge is 2.13. The quantitative estimate of drug-likeness (QED) is 0.478. The van der Waals surface area contributed by atoms with E-state index in [0.717, 1.165) is 0 Å². The van der Waals surface area contributed by atoms with Crippen LogP contribution in [0.5, 0.6) is 0 Å². The number of nitrogens with two attached hydrogens (primary N) is 1. The summed E-state index contributed by atoms with van der Waals surface area (Å²) in [6.07, 6.45) is 3.50. The van der Waals surface area contributed by atoms with Crippen molar-refractivity contribution in [3.05, 3.63) is 38.8 Å². The van der Waals surface area contributed by atoms with Crippen molar-refractivity contribution >= 4 is 63.8 Å². The first-order valence-electron chi connectivity index (χ1n) is 7.99. The lowest BCUT2D eigenvalue weighted by Gasteiger charge is -2.04. The number of carbonyl (C=O) groups excluding carboxylic acids is 2. The van der Waals surface area contributed by atoms with Gasteiger partial charge in [-0.15, -0.1) is 0 Å². The minimum Gasteiger partial charge on any atom is -0.466 e. The number of ketones is 1. The van der Waals surface area contributed by atoms with E-state index in [0.29, 0.717) is 18.6 Å². The smallest absolute Gasteiger partial charge is 0.305 e. The number of anilines is 1. The molecule has 0 saturated carbocycles. The summed E-state index contributed by atoms with van der Waals surface area (Å²) in [6.45, 7) is 2.09.